The lowest BCUT2D eigenvalue weighted by Gasteiger charge is -2.23. The quantitative estimate of drug-likeness (QED) is 0.900. The summed E-state index contributed by atoms with van der Waals surface area (Å²) in [6.45, 7) is 2.57. The molecule has 20 heavy (non-hydrogen) atoms. The van der Waals surface area contributed by atoms with Gasteiger partial charge in [0, 0.05) is 24.0 Å². The van der Waals surface area contributed by atoms with Crippen molar-refractivity contribution in [1.29, 1.82) is 0 Å². The smallest absolute Gasteiger partial charge is 0.128 e. The summed E-state index contributed by atoms with van der Waals surface area (Å²) in [4.78, 5) is 2.01. The Labute approximate surface area is 120 Å². The maximum atomic E-state index is 13.9. The highest BCUT2D eigenvalue weighted by Gasteiger charge is 2.12. The van der Waals surface area contributed by atoms with E-state index in [0.29, 0.717) is 18.5 Å². The number of benzene rings is 2. The fraction of sp³-hybridized carbons (Fsp3) is 0.294. The zero-order chi connectivity index (χ0) is 14.5. The minimum Gasteiger partial charge on any atom is -0.344 e. The number of rotatable bonds is 5. The van der Waals surface area contributed by atoms with E-state index in [0.717, 1.165) is 17.8 Å². The highest BCUT2D eigenvalue weighted by atomic mass is 19.1. The van der Waals surface area contributed by atoms with E-state index in [1.807, 2.05) is 18.0 Å². The lowest BCUT2D eigenvalue weighted by molar-refractivity contribution is 0.609. The van der Waals surface area contributed by atoms with E-state index in [4.69, 9.17) is 5.73 Å². The molecule has 3 heteroatoms. The zero-order valence-electron chi connectivity index (χ0n) is 12.1. The summed E-state index contributed by atoms with van der Waals surface area (Å²) in [5.41, 5.74) is 9.48. The summed E-state index contributed by atoms with van der Waals surface area (Å²) in [6, 6.07) is 13.5. The first-order chi connectivity index (χ1) is 9.67. The Hall–Kier alpha value is -1.87. The largest absolute Gasteiger partial charge is 0.344 e. The average molecular weight is 272 g/mol. The molecule has 0 amide bonds. The van der Waals surface area contributed by atoms with Crippen LogP contribution in [0.2, 0.25) is 0 Å². The molecule has 0 radical (unpaired) electrons. The van der Waals surface area contributed by atoms with Gasteiger partial charge >= 0.3 is 0 Å². The van der Waals surface area contributed by atoms with Crippen molar-refractivity contribution in [3.8, 4) is 0 Å². The third kappa shape index (κ3) is 2.99. The van der Waals surface area contributed by atoms with Gasteiger partial charge in [-0.1, -0.05) is 25.1 Å². The molecule has 2 N–H and O–H groups in total. The second kappa shape index (κ2) is 6.53. The summed E-state index contributed by atoms with van der Waals surface area (Å²) in [5.74, 6) is -0.190. The SMILES string of the molecule is CCc1ccc(N(C)c2cccc(F)c2CCN)cc1. The van der Waals surface area contributed by atoms with Gasteiger partial charge in [0.25, 0.3) is 0 Å². The van der Waals surface area contributed by atoms with Crippen LogP contribution in [0.3, 0.4) is 0 Å². The Bertz CT molecular complexity index is 564. The minimum atomic E-state index is -0.190. The Morgan fingerprint density at radius 2 is 1.80 bits per heavy atom. The van der Waals surface area contributed by atoms with Crippen molar-refractivity contribution in [3.63, 3.8) is 0 Å². The molecule has 0 bridgehead atoms. The number of hydrogen-bond acceptors (Lipinski definition) is 2. The molecule has 0 fully saturated rings. The highest BCUT2D eigenvalue weighted by molar-refractivity contribution is 5.66. The fourth-order valence-corrected chi connectivity index (χ4v) is 2.35. The summed E-state index contributed by atoms with van der Waals surface area (Å²) >= 11 is 0. The Morgan fingerprint density at radius 1 is 1.10 bits per heavy atom. The van der Waals surface area contributed by atoms with E-state index in [1.165, 1.54) is 11.6 Å². The molecule has 106 valence electrons. The summed E-state index contributed by atoms with van der Waals surface area (Å²) in [5, 5.41) is 0. The molecule has 0 spiro atoms. The zero-order valence-corrected chi connectivity index (χ0v) is 12.1. The van der Waals surface area contributed by atoms with Gasteiger partial charge in [-0.3, -0.25) is 0 Å². The normalized spacial score (nSPS) is 10.6. The summed E-state index contributed by atoms with van der Waals surface area (Å²) < 4.78 is 13.9. The molecule has 2 rings (SSSR count). The molecule has 0 atom stereocenters. The van der Waals surface area contributed by atoms with Gasteiger partial charge in [-0.05, 0) is 49.2 Å². The van der Waals surface area contributed by atoms with E-state index in [1.54, 1.807) is 6.07 Å². The first kappa shape index (κ1) is 14.5. The van der Waals surface area contributed by atoms with Crippen LogP contribution in [-0.4, -0.2) is 13.6 Å². The number of nitrogens with zero attached hydrogens (tertiary/aromatic N) is 1. The van der Waals surface area contributed by atoms with Crippen LogP contribution in [0, 0.1) is 5.82 Å². The first-order valence-corrected chi connectivity index (χ1v) is 6.97. The van der Waals surface area contributed by atoms with Crippen molar-refractivity contribution in [2.24, 2.45) is 5.73 Å². The van der Waals surface area contributed by atoms with Crippen molar-refractivity contribution in [1.82, 2.24) is 0 Å². The van der Waals surface area contributed by atoms with Gasteiger partial charge in [-0.15, -0.1) is 0 Å². The van der Waals surface area contributed by atoms with Crippen LogP contribution < -0.4 is 10.6 Å². The number of aryl methyl sites for hydroxylation is 1. The highest BCUT2D eigenvalue weighted by Crippen LogP contribution is 2.29. The van der Waals surface area contributed by atoms with Crippen LogP contribution >= 0.6 is 0 Å². The molecule has 0 aliphatic heterocycles. The van der Waals surface area contributed by atoms with Gasteiger partial charge in [-0.25, -0.2) is 4.39 Å². The van der Waals surface area contributed by atoms with Crippen LogP contribution in [0.4, 0.5) is 15.8 Å². The van der Waals surface area contributed by atoms with E-state index < -0.39 is 0 Å². The fourth-order valence-electron chi connectivity index (χ4n) is 2.35. The third-order valence-corrected chi connectivity index (χ3v) is 3.58. The number of halogens is 1. The lowest BCUT2D eigenvalue weighted by Crippen LogP contribution is -2.15. The van der Waals surface area contributed by atoms with E-state index in [2.05, 4.69) is 31.2 Å². The molecular formula is C17H21FN2. The molecule has 0 saturated heterocycles. The number of nitrogens with two attached hydrogens (primary N) is 1. The van der Waals surface area contributed by atoms with Crippen molar-refractivity contribution >= 4 is 11.4 Å². The van der Waals surface area contributed by atoms with Gasteiger partial charge in [0.15, 0.2) is 0 Å². The molecule has 0 aromatic heterocycles. The molecule has 2 nitrogen and oxygen atoms in total. The van der Waals surface area contributed by atoms with Gasteiger partial charge in [0.2, 0.25) is 0 Å². The number of hydrogen-bond donors (Lipinski definition) is 1. The molecular weight excluding hydrogens is 251 g/mol. The van der Waals surface area contributed by atoms with Crippen LogP contribution in [0.1, 0.15) is 18.1 Å². The number of anilines is 2. The van der Waals surface area contributed by atoms with Crippen molar-refractivity contribution in [2.45, 2.75) is 19.8 Å². The van der Waals surface area contributed by atoms with E-state index in [-0.39, 0.29) is 5.82 Å². The van der Waals surface area contributed by atoms with Gasteiger partial charge < -0.3 is 10.6 Å². The van der Waals surface area contributed by atoms with Crippen LogP contribution in [0.25, 0.3) is 0 Å². The molecule has 0 saturated carbocycles. The third-order valence-electron chi connectivity index (χ3n) is 3.58. The van der Waals surface area contributed by atoms with Crippen LogP contribution in [-0.2, 0) is 12.8 Å². The summed E-state index contributed by atoms with van der Waals surface area (Å²) in [6.07, 6.45) is 1.56. The molecule has 0 aliphatic rings. The monoisotopic (exact) mass is 272 g/mol. The lowest BCUT2D eigenvalue weighted by atomic mass is 10.1. The molecule has 0 aliphatic carbocycles. The topological polar surface area (TPSA) is 29.3 Å². The van der Waals surface area contributed by atoms with Crippen LogP contribution in [0.15, 0.2) is 42.5 Å². The first-order valence-electron chi connectivity index (χ1n) is 6.97. The van der Waals surface area contributed by atoms with Gasteiger partial charge in [0.05, 0.1) is 0 Å². The second-order valence-electron chi connectivity index (χ2n) is 4.86. The molecule has 2 aromatic carbocycles. The van der Waals surface area contributed by atoms with Crippen molar-refractivity contribution in [3.05, 3.63) is 59.4 Å². The van der Waals surface area contributed by atoms with Crippen molar-refractivity contribution < 1.29 is 4.39 Å². The van der Waals surface area contributed by atoms with Gasteiger partial charge in [0.1, 0.15) is 5.82 Å². The summed E-state index contributed by atoms with van der Waals surface area (Å²) in [7, 11) is 1.95. The predicted molar refractivity (Wildman–Crippen MR) is 83.0 cm³/mol. The minimum absolute atomic E-state index is 0.190. The second-order valence-corrected chi connectivity index (χ2v) is 4.86. The average Bonchev–Trinajstić information content (AvgIpc) is 2.49. The van der Waals surface area contributed by atoms with E-state index in [9.17, 15) is 4.39 Å². The van der Waals surface area contributed by atoms with E-state index >= 15 is 0 Å². The van der Waals surface area contributed by atoms with Crippen LogP contribution in [0.5, 0.6) is 0 Å². The molecule has 0 heterocycles. The Balaban J connectivity index is 2.36. The molecule has 0 unspecified atom stereocenters. The van der Waals surface area contributed by atoms with Gasteiger partial charge in [-0.2, -0.15) is 0 Å². The standard InChI is InChI=1S/C17H21FN2/c1-3-13-7-9-14(10-8-13)20(2)17-6-4-5-16(18)15(17)11-12-19/h4-10H,3,11-12,19H2,1-2H3. The van der Waals surface area contributed by atoms with Crippen molar-refractivity contribution in [2.75, 3.05) is 18.5 Å². The predicted octanol–water partition coefficient (Wildman–Crippen LogP) is 3.66. The Morgan fingerprint density at radius 3 is 2.40 bits per heavy atom. The Kier molecular flexibility index (Phi) is 4.74. The maximum Gasteiger partial charge on any atom is 0.128 e. The molecule has 2 aromatic rings. The maximum absolute atomic E-state index is 13.9.